The van der Waals surface area contributed by atoms with E-state index in [1.54, 1.807) is 0 Å². The molecule has 2 heteroatoms. The van der Waals surface area contributed by atoms with E-state index in [0.29, 0.717) is 10.8 Å². The Labute approximate surface area is 133 Å². The zero-order valence-electron chi connectivity index (χ0n) is 15.3. The Morgan fingerprint density at radius 3 is 2.33 bits per heavy atom. The fourth-order valence-electron chi connectivity index (χ4n) is 4.65. The van der Waals surface area contributed by atoms with Gasteiger partial charge < -0.3 is 10.2 Å². The highest BCUT2D eigenvalue weighted by atomic mass is 15.1. The van der Waals surface area contributed by atoms with Crippen molar-refractivity contribution in [3.63, 3.8) is 0 Å². The molecule has 0 aliphatic carbocycles. The maximum atomic E-state index is 3.61. The lowest BCUT2D eigenvalue weighted by Crippen LogP contribution is -2.45. The number of nitrogens with one attached hydrogen (secondary N) is 1. The maximum absolute atomic E-state index is 3.61. The van der Waals surface area contributed by atoms with Gasteiger partial charge in [-0.1, -0.05) is 34.6 Å². The highest BCUT2D eigenvalue weighted by Gasteiger charge is 2.38. The van der Waals surface area contributed by atoms with Crippen LogP contribution in [0.4, 0.5) is 0 Å². The molecule has 2 aliphatic heterocycles. The largest absolute Gasteiger partial charge is 0.316 e. The standard InChI is InChI=1S/C19H38N2/c1-18(2,3)17-10-15(13-21(6)14-17)11-19(4,5)16-8-7-9-20-12-16/h15-17,20H,7-14H2,1-6H3. The van der Waals surface area contributed by atoms with Crippen molar-refractivity contribution < 1.29 is 0 Å². The maximum Gasteiger partial charge on any atom is 0.00118 e. The third-order valence-corrected chi connectivity index (χ3v) is 6.16. The summed E-state index contributed by atoms with van der Waals surface area (Å²) in [5, 5.41) is 3.61. The number of hydrogen-bond donors (Lipinski definition) is 1. The van der Waals surface area contributed by atoms with Crippen LogP contribution in [0.5, 0.6) is 0 Å². The zero-order valence-corrected chi connectivity index (χ0v) is 15.3. The molecular formula is C19H38N2. The molecule has 3 unspecified atom stereocenters. The summed E-state index contributed by atoms with van der Waals surface area (Å²) in [5.74, 6) is 2.60. The first-order chi connectivity index (χ1) is 9.68. The van der Waals surface area contributed by atoms with Crippen molar-refractivity contribution in [3.8, 4) is 0 Å². The molecule has 0 bridgehead atoms. The Morgan fingerprint density at radius 1 is 1.05 bits per heavy atom. The van der Waals surface area contributed by atoms with Crippen LogP contribution in [0.1, 0.15) is 60.3 Å². The van der Waals surface area contributed by atoms with E-state index >= 15 is 0 Å². The van der Waals surface area contributed by atoms with E-state index in [9.17, 15) is 0 Å². The average molecular weight is 295 g/mol. The van der Waals surface area contributed by atoms with Crippen molar-refractivity contribution in [3.05, 3.63) is 0 Å². The fraction of sp³-hybridized carbons (Fsp3) is 1.00. The molecule has 2 saturated heterocycles. The SMILES string of the molecule is CN1CC(CC(C)(C)C2CCCNC2)CC(C(C)(C)C)C1. The van der Waals surface area contributed by atoms with Crippen molar-refractivity contribution >= 4 is 0 Å². The number of likely N-dealkylation sites (tertiary alicyclic amines) is 1. The summed E-state index contributed by atoms with van der Waals surface area (Å²) in [5.41, 5.74) is 0.933. The Morgan fingerprint density at radius 2 is 1.76 bits per heavy atom. The van der Waals surface area contributed by atoms with Gasteiger partial charge >= 0.3 is 0 Å². The molecule has 0 aromatic carbocycles. The first-order valence-corrected chi connectivity index (χ1v) is 9.08. The van der Waals surface area contributed by atoms with E-state index in [-0.39, 0.29) is 0 Å². The van der Waals surface area contributed by atoms with Crippen LogP contribution >= 0.6 is 0 Å². The molecule has 0 radical (unpaired) electrons. The van der Waals surface area contributed by atoms with Crippen molar-refractivity contribution in [2.75, 3.05) is 33.2 Å². The quantitative estimate of drug-likeness (QED) is 0.846. The Bertz CT molecular complexity index is 323. The monoisotopic (exact) mass is 294 g/mol. The minimum absolute atomic E-state index is 0.448. The van der Waals surface area contributed by atoms with Crippen LogP contribution in [-0.2, 0) is 0 Å². The lowest BCUT2D eigenvalue weighted by Gasteiger charge is -2.46. The summed E-state index contributed by atoms with van der Waals surface area (Å²) < 4.78 is 0. The van der Waals surface area contributed by atoms with Crippen LogP contribution in [0.2, 0.25) is 0 Å². The second kappa shape index (κ2) is 6.58. The van der Waals surface area contributed by atoms with Gasteiger partial charge in [0.2, 0.25) is 0 Å². The second-order valence-corrected chi connectivity index (χ2v) is 9.62. The summed E-state index contributed by atoms with van der Waals surface area (Å²) in [6.45, 7) is 17.3. The van der Waals surface area contributed by atoms with Gasteiger partial charge in [0.1, 0.15) is 0 Å². The van der Waals surface area contributed by atoms with Crippen molar-refractivity contribution in [1.29, 1.82) is 0 Å². The van der Waals surface area contributed by atoms with Crippen LogP contribution in [-0.4, -0.2) is 38.1 Å². The van der Waals surface area contributed by atoms with Gasteiger partial charge in [-0.2, -0.15) is 0 Å². The van der Waals surface area contributed by atoms with E-state index in [0.717, 1.165) is 17.8 Å². The third kappa shape index (κ3) is 4.69. The lowest BCUT2D eigenvalue weighted by molar-refractivity contribution is 0.0423. The molecule has 0 saturated carbocycles. The second-order valence-electron chi connectivity index (χ2n) is 9.62. The molecule has 2 heterocycles. The molecular weight excluding hydrogens is 256 g/mol. The number of rotatable bonds is 3. The molecule has 2 fully saturated rings. The van der Waals surface area contributed by atoms with Gasteiger partial charge in [0.05, 0.1) is 0 Å². The molecule has 0 amide bonds. The minimum atomic E-state index is 0.448. The predicted octanol–water partition coefficient (Wildman–Crippen LogP) is 4.02. The minimum Gasteiger partial charge on any atom is -0.316 e. The summed E-state index contributed by atoms with van der Waals surface area (Å²) in [7, 11) is 2.32. The van der Waals surface area contributed by atoms with Crippen LogP contribution < -0.4 is 5.32 Å². The molecule has 0 spiro atoms. The molecule has 0 aromatic rings. The molecule has 2 nitrogen and oxygen atoms in total. The van der Waals surface area contributed by atoms with Gasteiger partial charge in [0.15, 0.2) is 0 Å². The van der Waals surface area contributed by atoms with Crippen molar-refractivity contribution in [2.45, 2.75) is 60.3 Å². The smallest absolute Gasteiger partial charge is 0.00118 e. The normalized spacial score (nSPS) is 33.1. The first-order valence-electron chi connectivity index (χ1n) is 9.08. The fourth-order valence-corrected chi connectivity index (χ4v) is 4.65. The van der Waals surface area contributed by atoms with Crippen LogP contribution in [0.3, 0.4) is 0 Å². The number of nitrogens with zero attached hydrogens (tertiary/aromatic N) is 1. The third-order valence-electron chi connectivity index (χ3n) is 6.16. The highest BCUT2D eigenvalue weighted by Crippen LogP contribution is 2.43. The van der Waals surface area contributed by atoms with Gasteiger partial charge in [-0.25, -0.2) is 0 Å². The van der Waals surface area contributed by atoms with Gasteiger partial charge in [-0.15, -0.1) is 0 Å². The van der Waals surface area contributed by atoms with E-state index in [1.807, 2.05) is 0 Å². The van der Waals surface area contributed by atoms with E-state index < -0.39 is 0 Å². The van der Waals surface area contributed by atoms with Crippen LogP contribution in [0.15, 0.2) is 0 Å². The molecule has 0 aromatic heterocycles. The van der Waals surface area contributed by atoms with Gasteiger partial charge in [0, 0.05) is 13.1 Å². The lowest BCUT2D eigenvalue weighted by atomic mass is 9.66. The molecule has 2 aliphatic rings. The molecule has 124 valence electrons. The van der Waals surface area contributed by atoms with E-state index in [4.69, 9.17) is 0 Å². The Balaban J connectivity index is 1.97. The number of piperidine rings is 2. The van der Waals surface area contributed by atoms with Crippen molar-refractivity contribution in [1.82, 2.24) is 10.2 Å². The van der Waals surface area contributed by atoms with Crippen LogP contribution in [0, 0.1) is 28.6 Å². The van der Waals surface area contributed by atoms with Gasteiger partial charge in [0.25, 0.3) is 0 Å². The summed E-state index contributed by atoms with van der Waals surface area (Å²) >= 11 is 0. The van der Waals surface area contributed by atoms with Gasteiger partial charge in [-0.05, 0) is 74.4 Å². The van der Waals surface area contributed by atoms with Gasteiger partial charge in [-0.3, -0.25) is 0 Å². The Kier molecular flexibility index (Phi) is 5.41. The summed E-state index contributed by atoms with van der Waals surface area (Å²) in [6.07, 6.45) is 5.61. The predicted molar refractivity (Wildman–Crippen MR) is 92.5 cm³/mol. The molecule has 3 atom stereocenters. The zero-order chi connectivity index (χ0) is 15.7. The van der Waals surface area contributed by atoms with E-state index in [2.05, 4.69) is 51.9 Å². The number of hydrogen-bond acceptors (Lipinski definition) is 2. The summed E-state index contributed by atoms with van der Waals surface area (Å²) in [4.78, 5) is 2.58. The molecule has 1 N–H and O–H groups in total. The average Bonchev–Trinajstić information content (AvgIpc) is 2.37. The topological polar surface area (TPSA) is 15.3 Å². The van der Waals surface area contributed by atoms with E-state index in [1.165, 1.54) is 51.9 Å². The Hall–Kier alpha value is -0.0800. The highest BCUT2D eigenvalue weighted by molar-refractivity contribution is 4.90. The molecule has 21 heavy (non-hydrogen) atoms. The first kappa shape index (κ1) is 17.3. The van der Waals surface area contributed by atoms with Crippen molar-refractivity contribution in [2.24, 2.45) is 28.6 Å². The summed E-state index contributed by atoms with van der Waals surface area (Å²) in [6, 6.07) is 0. The molecule has 2 rings (SSSR count). The van der Waals surface area contributed by atoms with Crippen LogP contribution in [0.25, 0.3) is 0 Å².